The zero-order valence-corrected chi connectivity index (χ0v) is 16.7. The Balaban J connectivity index is 1.68. The normalized spacial score (nSPS) is 15.7. The zero-order chi connectivity index (χ0) is 20.5. The van der Waals surface area contributed by atoms with Gasteiger partial charge in [-0.2, -0.15) is 5.10 Å². The second-order valence-corrected chi connectivity index (χ2v) is 7.96. The molecule has 0 unspecified atom stereocenters. The van der Waals surface area contributed by atoms with Crippen molar-refractivity contribution in [2.24, 2.45) is 0 Å². The van der Waals surface area contributed by atoms with Crippen LogP contribution < -0.4 is 9.64 Å². The summed E-state index contributed by atoms with van der Waals surface area (Å²) in [6.45, 7) is 9.81. The van der Waals surface area contributed by atoms with Crippen LogP contribution >= 0.6 is 0 Å². The maximum Gasteiger partial charge on any atom is 0.295 e. The zero-order valence-electron chi connectivity index (χ0n) is 16.7. The van der Waals surface area contributed by atoms with Crippen LogP contribution in [0.25, 0.3) is 0 Å². The molecule has 0 saturated carbocycles. The number of methoxy groups -OCH3 is 1. The van der Waals surface area contributed by atoms with E-state index in [1.165, 1.54) is 13.2 Å². The number of halogens is 1. The molecule has 1 fully saturated rings. The second-order valence-electron chi connectivity index (χ2n) is 7.96. The van der Waals surface area contributed by atoms with Gasteiger partial charge in [-0.25, -0.2) is 4.39 Å². The van der Waals surface area contributed by atoms with Crippen molar-refractivity contribution in [2.75, 3.05) is 38.2 Å². The topological polar surface area (TPSA) is 76.7 Å². The van der Waals surface area contributed by atoms with Crippen molar-refractivity contribution in [3.63, 3.8) is 0 Å². The average Bonchev–Trinajstić information content (AvgIpc) is 3.11. The summed E-state index contributed by atoms with van der Waals surface area (Å²) in [6, 6.07) is 2.35. The van der Waals surface area contributed by atoms with E-state index in [2.05, 4.69) is 37.0 Å². The molecule has 1 aliphatic heterocycles. The number of benzene rings is 1. The van der Waals surface area contributed by atoms with E-state index in [0.29, 0.717) is 18.8 Å². The van der Waals surface area contributed by atoms with E-state index in [9.17, 15) is 14.5 Å². The highest BCUT2D eigenvalue weighted by atomic mass is 19.1. The fraction of sp³-hybridized carbons (Fsp3) is 0.526. The predicted octanol–water partition coefficient (Wildman–Crippen LogP) is 3.02. The largest absolute Gasteiger partial charge is 0.494 e. The molecule has 2 heterocycles. The van der Waals surface area contributed by atoms with Crippen molar-refractivity contribution in [3.05, 3.63) is 46.0 Å². The summed E-state index contributed by atoms with van der Waals surface area (Å²) in [7, 11) is 1.35. The van der Waals surface area contributed by atoms with Crippen LogP contribution in [0, 0.1) is 15.9 Å². The maximum absolute atomic E-state index is 13.9. The molecule has 1 saturated heterocycles. The molecule has 28 heavy (non-hydrogen) atoms. The van der Waals surface area contributed by atoms with Crippen molar-refractivity contribution in [2.45, 2.75) is 32.9 Å². The van der Waals surface area contributed by atoms with E-state index in [4.69, 9.17) is 4.74 Å². The lowest BCUT2D eigenvalue weighted by molar-refractivity contribution is -0.384. The van der Waals surface area contributed by atoms with Crippen LogP contribution in [0.15, 0.2) is 24.5 Å². The molecule has 0 amide bonds. The molecule has 0 bridgehead atoms. The van der Waals surface area contributed by atoms with Gasteiger partial charge in [-0.05, 0) is 20.8 Å². The van der Waals surface area contributed by atoms with Gasteiger partial charge >= 0.3 is 0 Å². The van der Waals surface area contributed by atoms with Crippen LogP contribution in [-0.4, -0.2) is 52.9 Å². The summed E-state index contributed by atoms with van der Waals surface area (Å²) < 4.78 is 20.8. The van der Waals surface area contributed by atoms with Gasteiger partial charge in [0.15, 0.2) is 11.6 Å². The summed E-state index contributed by atoms with van der Waals surface area (Å²) in [4.78, 5) is 15.0. The summed E-state index contributed by atoms with van der Waals surface area (Å²) in [5, 5.41) is 15.8. The van der Waals surface area contributed by atoms with Crippen molar-refractivity contribution in [3.8, 4) is 5.75 Å². The quantitative estimate of drug-likeness (QED) is 0.576. The Bertz CT molecular complexity index is 854. The molecular formula is C19H26FN5O3. The molecule has 0 spiro atoms. The molecule has 2 aromatic rings. The monoisotopic (exact) mass is 391 g/mol. The van der Waals surface area contributed by atoms with Gasteiger partial charge in [-0.1, -0.05) is 0 Å². The first-order chi connectivity index (χ1) is 13.2. The first-order valence-electron chi connectivity index (χ1n) is 9.22. The Morgan fingerprint density at radius 3 is 2.46 bits per heavy atom. The average molecular weight is 391 g/mol. The van der Waals surface area contributed by atoms with Crippen LogP contribution in [0.1, 0.15) is 26.3 Å². The molecule has 1 aromatic carbocycles. The number of anilines is 1. The van der Waals surface area contributed by atoms with Gasteiger partial charge in [0.25, 0.3) is 5.69 Å². The third-order valence-electron chi connectivity index (χ3n) is 4.89. The number of ether oxygens (including phenoxy) is 1. The van der Waals surface area contributed by atoms with Crippen LogP contribution in [-0.2, 0) is 12.1 Å². The summed E-state index contributed by atoms with van der Waals surface area (Å²) in [5.74, 6) is -0.718. The minimum atomic E-state index is -0.729. The highest BCUT2D eigenvalue weighted by Crippen LogP contribution is 2.35. The van der Waals surface area contributed by atoms with Gasteiger partial charge in [0.05, 0.1) is 29.8 Å². The van der Waals surface area contributed by atoms with Gasteiger partial charge in [-0.15, -0.1) is 0 Å². The van der Waals surface area contributed by atoms with Crippen LogP contribution in [0.3, 0.4) is 0 Å². The van der Waals surface area contributed by atoms with Gasteiger partial charge in [0, 0.05) is 50.6 Å². The fourth-order valence-corrected chi connectivity index (χ4v) is 3.30. The maximum atomic E-state index is 13.9. The van der Waals surface area contributed by atoms with E-state index < -0.39 is 10.7 Å². The highest BCUT2D eigenvalue weighted by molar-refractivity contribution is 5.66. The first kappa shape index (κ1) is 20.1. The molecule has 8 nitrogen and oxygen atoms in total. The number of nitro groups is 1. The van der Waals surface area contributed by atoms with E-state index in [1.54, 1.807) is 0 Å². The third kappa shape index (κ3) is 4.24. The third-order valence-corrected chi connectivity index (χ3v) is 4.89. The van der Waals surface area contributed by atoms with E-state index in [0.717, 1.165) is 31.3 Å². The van der Waals surface area contributed by atoms with E-state index in [-0.39, 0.29) is 17.0 Å². The standard InChI is InChI=1S/C19H26FN5O3/c1-19(2,3)24-13-14(11-21-24)12-22-5-7-23(8-6-22)16-10-18(28-4)15(20)9-17(16)25(26)27/h9-11,13H,5-8,12H2,1-4H3. The lowest BCUT2D eigenvalue weighted by Gasteiger charge is -2.35. The SMILES string of the molecule is COc1cc(N2CCN(Cc3cnn(C(C)(C)C)c3)CC2)c([N+](=O)[O-])cc1F. The van der Waals surface area contributed by atoms with Crippen molar-refractivity contribution in [1.82, 2.24) is 14.7 Å². The number of nitrogens with zero attached hydrogens (tertiary/aromatic N) is 5. The summed E-state index contributed by atoms with van der Waals surface area (Å²) >= 11 is 0. The molecule has 0 aliphatic carbocycles. The molecular weight excluding hydrogens is 365 g/mol. The van der Waals surface area contributed by atoms with Crippen LogP contribution in [0.5, 0.6) is 5.75 Å². The van der Waals surface area contributed by atoms with Crippen molar-refractivity contribution in [1.29, 1.82) is 0 Å². The van der Waals surface area contributed by atoms with Gasteiger partial charge in [0.2, 0.25) is 0 Å². The van der Waals surface area contributed by atoms with Crippen LogP contribution in [0.4, 0.5) is 15.8 Å². The molecule has 1 aliphatic rings. The number of hydrogen-bond acceptors (Lipinski definition) is 6. The van der Waals surface area contributed by atoms with Crippen molar-refractivity contribution < 1.29 is 14.1 Å². The molecule has 152 valence electrons. The Morgan fingerprint density at radius 2 is 1.93 bits per heavy atom. The minimum absolute atomic E-state index is 0.0117. The lowest BCUT2D eigenvalue weighted by Crippen LogP contribution is -2.46. The van der Waals surface area contributed by atoms with E-state index in [1.807, 2.05) is 15.8 Å². The number of aromatic nitrogens is 2. The Hall–Kier alpha value is -2.68. The minimum Gasteiger partial charge on any atom is -0.494 e. The van der Waals surface area contributed by atoms with Crippen LogP contribution in [0.2, 0.25) is 0 Å². The number of rotatable bonds is 5. The molecule has 0 radical (unpaired) electrons. The number of piperazine rings is 1. The predicted molar refractivity (Wildman–Crippen MR) is 104 cm³/mol. The molecule has 1 aromatic heterocycles. The Morgan fingerprint density at radius 1 is 1.25 bits per heavy atom. The first-order valence-corrected chi connectivity index (χ1v) is 9.22. The molecule has 3 rings (SSSR count). The second kappa shape index (κ2) is 7.75. The summed E-state index contributed by atoms with van der Waals surface area (Å²) in [6.07, 6.45) is 3.94. The van der Waals surface area contributed by atoms with Gasteiger partial charge in [-0.3, -0.25) is 19.7 Å². The summed E-state index contributed by atoms with van der Waals surface area (Å²) in [5.41, 5.74) is 1.23. The van der Waals surface area contributed by atoms with Crippen molar-refractivity contribution >= 4 is 11.4 Å². The lowest BCUT2D eigenvalue weighted by atomic mass is 10.1. The molecule has 0 N–H and O–H groups in total. The Kier molecular flexibility index (Phi) is 5.55. The Labute approximate surface area is 163 Å². The highest BCUT2D eigenvalue weighted by Gasteiger charge is 2.26. The van der Waals surface area contributed by atoms with E-state index >= 15 is 0 Å². The fourth-order valence-electron chi connectivity index (χ4n) is 3.30. The number of hydrogen-bond donors (Lipinski definition) is 0. The van der Waals surface area contributed by atoms with Gasteiger partial charge in [0.1, 0.15) is 5.69 Å². The van der Waals surface area contributed by atoms with Gasteiger partial charge < -0.3 is 9.64 Å². The number of nitro benzene ring substituents is 1. The smallest absolute Gasteiger partial charge is 0.295 e. The molecule has 0 atom stereocenters. The molecule has 9 heteroatoms.